The van der Waals surface area contributed by atoms with Gasteiger partial charge in [-0.1, -0.05) is 11.8 Å². The van der Waals surface area contributed by atoms with E-state index < -0.39 is 15.8 Å². The van der Waals surface area contributed by atoms with Crippen LogP contribution in [0.4, 0.5) is 17.1 Å². The molecule has 0 atom stereocenters. The topological polar surface area (TPSA) is 155 Å². The minimum absolute atomic E-state index is 0.0322. The van der Waals surface area contributed by atoms with Crippen LogP contribution in [0.5, 0.6) is 5.75 Å². The van der Waals surface area contributed by atoms with Gasteiger partial charge in [-0.15, -0.1) is 10.2 Å². The third-order valence-corrected chi connectivity index (χ3v) is 5.34. The number of hydrogen-bond donors (Lipinski definition) is 1. The molecule has 12 nitrogen and oxygen atoms in total. The number of nitro groups is 2. The van der Waals surface area contributed by atoms with Crippen molar-refractivity contribution in [1.82, 2.24) is 14.8 Å². The predicted molar refractivity (Wildman–Crippen MR) is 117 cm³/mol. The molecule has 166 valence electrons. The molecule has 0 radical (unpaired) electrons. The van der Waals surface area contributed by atoms with Gasteiger partial charge in [0.15, 0.2) is 11.0 Å². The van der Waals surface area contributed by atoms with Gasteiger partial charge in [0.1, 0.15) is 11.4 Å². The van der Waals surface area contributed by atoms with Crippen LogP contribution in [0.25, 0.3) is 11.4 Å². The Bertz CT molecular complexity index is 1160. The van der Waals surface area contributed by atoms with E-state index in [2.05, 4.69) is 15.5 Å². The lowest BCUT2D eigenvalue weighted by Crippen LogP contribution is -2.15. The highest BCUT2D eigenvalue weighted by atomic mass is 32.2. The van der Waals surface area contributed by atoms with Gasteiger partial charge in [-0.3, -0.25) is 25.0 Å². The minimum atomic E-state index is -0.602. The van der Waals surface area contributed by atoms with Crippen LogP contribution in [0.3, 0.4) is 0 Å². The standard InChI is InChI=1S/C19H18N6O6S/c1-3-23-18(12-4-6-13(7-5-12)24(27)28)21-22-19(23)32-11-17(26)20-15-9-8-14(31-2)10-16(15)25(29)30/h4-10H,3,11H2,1-2H3,(H,20,26). The van der Waals surface area contributed by atoms with Gasteiger partial charge in [-0.2, -0.15) is 0 Å². The molecule has 0 spiro atoms. The number of nitrogens with one attached hydrogen (secondary N) is 1. The summed E-state index contributed by atoms with van der Waals surface area (Å²) in [6.07, 6.45) is 0. The number of benzene rings is 2. The molecule has 0 aliphatic carbocycles. The molecule has 2 aromatic carbocycles. The van der Waals surface area contributed by atoms with Crippen molar-refractivity contribution < 1.29 is 19.4 Å². The van der Waals surface area contributed by atoms with E-state index in [4.69, 9.17) is 4.74 Å². The van der Waals surface area contributed by atoms with Gasteiger partial charge in [0.05, 0.1) is 28.8 Å². The summed E-state index contributed by atoms with van der Waals surface area (Å²) in [6.45, 7) is 2.39. The van der Waals surface area contributed by atoms with Crippen LogP contribution in [0, 0.1) is 20.2 Å². The van der Waals surface area contributed by atoms with Crippen molar-refractivity contribution in [3.8, 4) is 17.1 Å². The first-order valence-electron chi connectivity index (χ1n) is 9.27. The number of anilines is 1. The fourth-order valence-electron chi connectivity index (χ4n) is 2.84. The molecule has 0 aliphatic heterocycles. The highest BCUT2D eigenvalue weighted by molar-refractivity contribution is 7.99. The molecule has 0 fully saturated rings. The van der Waals surface area contributed by atoms with Crippen molar-refractivity contribution >= 4 is 34.7 Å². The summed E-state index contributed by atoms with van der Waals surface area (Å²) < 4.78 is 6.75. The summed E-state index contributed by atoms with van der Waals surface area (Å²) in [5.74, 6) is 0.308. The van der Waals surface area contributed by atoms with Crippen molar-refractivity contribution in [2.75, 3.05) is 18.2 Å². The Balaban J connectivity index is 1.72. The van der Waals surface area contributed by atoms with Crippen LogP contribution in [0.1, 0.15) is 6.92 Å². The second-order valence-electron chi connectivity index (χ2n) is 6.33. The molecule has 3 rings (SSSR count). The molecule has 1 aromatic heterocycles. The van der Waals surface area contributed by atoms with Gasteiger partial charge in [0.2, 0.25) is 5.91 Å². The average Bonchev–Trinajstić information content (AvgIpc) is 3.20. The summed E-state index contributed by atoms with van der Waals surface area (Å²) in [4.78, 5) is 33.4. The highest BCUT2D eigenvalue weighted by Crippen LogP contribution is 2.30. The number of hydrogen-bond acceptors (Lipinski definition) is 9. The largest absolute Gasteiger partial charge is 0.496 e. The van der Waals surface area contributed by atoms with E-state index in [0.29, 0.717) is 28.8 Å². The van der Waals surface area contributed by atoms with E-state index in [1.165, 1.54) is 37.4 Å². The van der Waals surface area contributed by atoms with Crippen LogP contribution < -0.4 is 10.1 Å². The summed E-state index contributed by atoms with van der Waals surface area (Å²) >= 11 is 1.12. The number of nitro benzene ring substituents is 2. The number of rotatable bonds is 9. The number of thioether (sulfide) groups is 1. The Morgan fingerprint density at radius 3 is 2.44 bits per heavy atom. The molecule has 1 heterocycles. The molecule has 0 bridgehead atoms. The fourth-order valence-corrected chi connectivity index (χ4v) is 3.64. The minimum Gasteiger partial charge on any atom is -0.496 e. The van der Waals surface area contributed by atoms with Crippen molar-refractivity contribution in [2.24, 2.45) is 0 Å². The molecule has 13 heteroatoms. The predicted octanol–water partition coefficient (Wildman–Crippen LogP) is 3.52. The molecular formula is C19H18N6O6S. The van der Waals surface area contributed by atoms with Gasteiger partial charge < -0.3 is 14.6 Å². The molecular weight excluding hydrogens is 440 g/mol. The zero-order valence-corrected chi connectivity index (χ0v) is 17.9. The lowest BCUT2D eigenvalue weighted by molar-refractivity contribution is -0.384. The van der Waals surface area contributed by atoms with Crippen LogP contribution in [-0.4, -0.2) is 43.4 Å². The molecule has 0 saturated heterocycles. The number of aromatic nitrogens is 3. The van der Waals surface area contributed by atoms with Gasteiger partial charge in [0.25, 0.3) is 11.4 Å². The van der Waals surface area contributed by atoms with E-state index in [1.54, 1.807) is 16.7 Å². The summed E-state index contributed by atoms with van der Waals surface area (Å²) in [5, 5.41) is 33.3. The second-order valence-corrected chi connectivity index (χ2v) is 7.27. The molecule has 32 heavy (non-hydrogen) atoms. The lowest BCUT2D eigenvalue weighted by atomic mass is 10.2. The van der Waals surface area contributed by atoms with E-state index >= 15 is 0 Å². The smallest absolute Gasteiger partial charge is 0.296 e. The zero-order valence-electron chi connectivity index (χ0n) is 17.0. The third-order valence-electron chi connectivity index (χ3n) is 4.38. The Morgan fingerprint density at radius 1 is 1.12 bits per heavy atom. The van der Waals surface area contributed by atoms with Gasteiger partial charge in [-0.05, 0) is 31.2 Å². The second kappa shape index (κ2) is 9.87. The summed E-state index contributed by atoms with van der Waals surface area (Å²) in [7, 11) is 1.39. The number of carbonyl (C=O) groups excluding carboxylic acids is 1. The van der Waals surface area contributed by atoms with Crippen molar-refractivity contribution in [3.05, 3.63) is 62.7 Å². The van der Waals surface area contributed by atoms with E-state index in [9.17, 15) is 25.0 Å². The summed E-state index contributed by atoms with van der Waals surface area (Å²) in [6, 6.07) is 10.1. The van der Waals surface area contributed by atoms with E-state index in [0.717, 1.165) is 11.8 Å². The maximum absolute atomic E-state index is 12.4. The van der Waals surface area contributed by atoms with Gasteiger partial charge in [0, 0.05) is 24.2 Å². The maximum Gasteiger partial charge on any atom is 0.296 e. The number of carbonyl (C=O) groups is 1. The molecule has 3 aromatic rings. The lowest BCUT2D eigenvalue weighted by Gasteiger charge is -2.09. The quantitative estimate of drug-likeness (QED) is 0.288. The first kappa shape index (κ1) is 22.7. The van der Waals surface area contributed by atoms with Crippen molar-refractivity contribution in [2.45, 2.75) is 18.6 Å². The van der Waals surface area contributed by atoms with E-state index in [-0.39, 0.29) is 22.8 Å². The monoisotopic (exact) mass is 458 g/mol. The van der Waals surface area contributed by atoms with E-state index in [1.807, 2.05) is 6.92 Å². The normalized spacial score (nSPS) is 10.6. The van der Waals surface area contributed by atoms with Crippen LogP contribution >= 0.6 is 11.8 Å². The number of amides is 1. The fraction of sp³-hybridized carbons (Fsp3) is 0.211. The average molecular weight is 458 g/mol. The van der Waals surface area contributed by atoms with Crippen LogP contribution in [-0.2, 0) is 11.3 Å². The maximum atomic E-state index is 12.4. The Labute approximate surface area is 185 Å². The summed E-state index contributed by atoms with van der Waals surface area (Å²) in [5.41, 5.74) is 0.398. The molecule has 0 unspecified atom stereocenters. The van der Waals surface area contributed by atoms with Gasteiger partial charge in [-0.25, -0.2) is 0 Å². The molecule has 0 aliphatic rings. The third kappa shape index (κ3) is 5.00. The van der Waals surface area contributed by atoms with Crippen molar-refractivity contribution in [1.29, 1.82) is 0 Å². The highest BCUT2D eigenvalue weighted by Gasteiger charge is 2.19. The molecule has 0 saturated carbocycles. The SMILES string of the molecule is CCn1c(SCC(=O)Nc2ccc(OC)cc2[N+](=O)[O-])nnc1-c1ccc([N+](=O)[O-])cc1. The Hall–Kier alpha value is -4.00. The molecule has 1 amide bonds. The Morgan fingerprint density at radius 2 is 1.84 bits per heavy atom. The number of ether oxygens (including phenoxy) is 1. The van der Waals surface area contributed by atoms with Crippen LogP contribution in [0.2, 0.25) is 0 Å². The first-order chi connectivity index (χ1) is 15.3. The van der Waals surface area contributed by atoms with Crippen molar-refractivity contribution in [3.63, 3.8) is 0 Å². The number of methoxy groups -OCH3 is 1. The van der Waals surface area contributed by atoms with Crippen LogP contribution in [0.15, 0.2) is 47.6 Å². The van der Waals surface area contributed by atoms with Gasteiger partial charge >= 0.3 is 0 Å². The Kier molecular flexibility index (Phi) is 7.00. The first-order valence-corrected chi connectivity index (χ1v) is 10.3. The number of non-ortho nitro benzene ring substituents is 1. The number of nitrogens with zero attached hydrogens (tertiary/aromatic N) is 5. The molecule has 1 N–H and O–H groups in total. The zero-order chi connectivity index (χ0) is 23.3.